The zero-order chi connectivity index (χ0) is 21.9. The summed E-state index contributed by atoms with van der Waals surface area (Å²) < 4.78 is 3.45. The van der Waals surface area contributed by atoms with Gasteiger partial charge in [0.1, 0.15) is 0 Å². The lowest BCUT2D eigenvalue weighted by Gasteiger charge is -2.08. The van der Waals surface area contributed by atoms with Crippen LogP contribution in [0.2, 0.25) is 0 Å². The molecule has 0 saturated carbocycles. The largest absolute Gasteiger partial charge is 0.354 e. The fraction of sp³-hybridized carbons (Fsp3) is 0. The number of H-pyrrole nitrogens is 1. The molecule has 0 fully saturated rings. The van der Waals surface area contributed by atoms with Gasteiger partial charge in [0.25, 0.3) is 0 Å². The van der Waals surface area contributed by atoms with Crippen LogP contribution in [-0.2, 0) is 0 Å². The van der Waals surface area contributed by atoms with Crippen molar-refractivity contribution in [3.05, 3.63) is 114 Å². The number of aromatic amines is 1. The van der Waals surface area contributed by atoms with Crippen LogP contribution in [0.1, 0.15) is 0 Å². The van der Waals surface area contributed by atoms with Gasteiger partial charge in [-0.2, -0.15) is 0 Å². The predicted octanol–water partition coefficient (Wildman–Crippen LogP) is 8.85. The minimum absolute atomic E-state index is 1.09. The van der Waals surface area contributed by atoms with E-state index in [9.17, 15) is 0 Å². The number of nitrogens with one attached hydrogen (secondary N) is 1. The number of rotatable bonds is 2. The molecule has 0 bridgehead atoms. The van der Waals surface area contributed by atoms with E-state index in [0.29, 0.717) is 0 Å². The van der Waals surface area contributed by atoms with E-state index in [-0.39, 0.29) is 0 Å². The molecule has 2 aromatic heterocycles. The fourth-order valence-electron chi connectivity index (χ4n) is 5.07. The number of hydrogen-bond donors (Lipinski definition) is 1. The van der Waals surface area contributed by atoms with Crippen molar-refractivity contribution >= 4 is 59.5 Å². The second-order valence-electron chi connectivity index (χ2n) is 8.47. The first-order valence-corrected chi connectivity index (χ1v) is 11.9. The van der Waals surface area contributed by atoms with Gasteiger partial charge in [0, 0.05) is 37.2 Å². The molecule has 2 heterocycles. The lowest BCUT2D eigenvalue weighted by molar-refractivity contribution is 1.18. The third-order valence-corrected chi connectivity index (χ3v) is 7.26. The van der Waals surface area contributed by atoms with Crippen LogP contribution in [0.15, 0.2) is 114 Å². The smallest absolute Gasteiger partial charge is 0.0609 e. The lowest BCUT2D eigenvalue weighted by atomic mass is 10.0. The minimum Gasteiger partial charge on any atom is -0.354 e. The van der Waals surface area contributed by atoms with Gasteiger partial charge in [0.2, 0.25) is 0 Å². The quantitative estimate of drug-likeness (QED) is 0.252. The average molecular weight is 487 g/mol. The van der Waals surface area contributed by atoms with E-state index in [1.165, 1.54) is 49.4 Å². The monoisotopic (exact) mass is 486 g/mol. The molecule has 3 heteroatoms. The highest BCUT2D eigenvalue weighted by Crippen LogP contribution is 2.37. The number of para-hydroxylation sites is 3. The van der Waals surface area contributed by atoms with Crippen LogP contribution in [0.3, 0.4) is 0 Å². The van der Waals surface area contributed by atoms with E-state index >= 15 is 0 Å². The van der Waals surface area contributed by atoms with Gasteiger partial charge in [-0.1, -0.05) is 60.7 Å². The maximum Gasteiger partial charge on any atom is 0.0609 e. The first-order valence-electron chi connectivity index (χ1n) is 11.1. The van der Waals surface area contributed by atoms with Gasteiger partial charge in [-0.3, -0.25) is 0 Å². The highest BCUT2D eigenvalue weighted by atomic mass is 79.9. The summed E-state index contributed by atoms with van der Waals surface area (Å²) in [7, 11) is 0. The molecule has 0 unspecified atom stereocenters. The molecule has 0 aliphatic heterocycles. The number of halogens is 1. The van der Waals surface area contributed by atoms with Crippen LogP contribution in [0.4, 0.5) is 0 Å². The van der Waals surface area contributed by atoms with Gasteiger partial charge >= 0.3 is 0 Å². The maximum absolute atomic E-state index is 3.68. The summed E-state index contributed by atoms with van der Waals surface area (Å²) in [5.74, 6) is 0. The summed E-state index contributed by atoms with van der Waals surface area (Å²) in [5, 5.41) is 5.03. The zero-order valence-corrected chi connectivity index (χ0v) is 19.3. The van der Waals surface area contributed by atoms with Crippen LogP contribution in [0, 0.1) is 0 Å². The molecule has 2 nitrogen and oxygen atoms in total. The van der Waals surface area contributed by atoms with E-state index in [2.05, 4.69) is 135 Å². The molecule has 7 aromatic rings. The number of nitrogens with zero attached hydrogens (tertiary/aromatic N) is 1. The Balaban J connectivity index is 1.48. The van der Waals surface area contributed by atoms with Crippen molar-refractivity contribution < 1.29 is 0 Å². The first kappa shape index (κ1) is 18.7. The molecule has 0 radical (unpaired) electrons. The van der Waals surface area contributed by atoms with E-state index in [1.54, 1.807) is 0 Å². The Morgan fingerprint density at radius 3 is 2.12 bits per heavy atom. The van der Waals surface area contributed by atoms with Crippen molar-refractivity contribution in [1.29, 1.82) is 0 Å². The van der Waals surface area contributed by atoms with E-state index in [1.807, 2.05) is 0 Å². The van der Waals surface area contributed by atoms with E-state index in [4.69, 9.17) is 0 Å². The Hall–Kier alpha value is -3.82. The van der Waals surface area contributed by atoms with Crippen molar-refractivity contribution in [2.75, 3.05) is 0 Å². The average Bonchev–Trinajstić information content (AvgIpc) is 3.40. The van der Waals surface area contributed by atoms with Crippen LogP contribution in [-0.4, -0.2) is 9.55 Å². The zero-order valence-electron chi connectivity index (χ0n) is 17.7. The summed E-state index contributed by atoms with van der Waals surface area (Å²) in [6, 6.07) is 39.2. The number of fused-ring (bicyclic) bond motifs is 6. The topological polar surface area (TPSA) is 20.7 Å². The molecule has 5 aromatic carbocycles. The molecule has 0 aliphatic carbocycles. The van der Waals surface area contributed by atoms with Crippen LogP contribution >= 0.6 is 15.9 Å². The molecule has 0 atom stereocenters. The third kappa shape index (κ3) is 2.79. The molecule has 0 aliphatic rings. The van der Waals surface area contributed by atoms with Gasteiger partial charge in [-0.05, 0) is 75.6 Å². The maximum atomic E-state index is 3.68. The SMILES string of the molecule is Brc1cccc2c1[nH]c1ccc(-c3ccc4c(c3)c3ccccc3n4-c3ccccc3)cc12. The molecular formula is C30H19BrN2. The van der Waals surface area contributed by atoms with E-state index in [0.717, 1.165) is 15.5 Å². The first-order chi connectivity index (χ1) is 16.3. The molecule has 1 N–H and O–H groups in total. The Morgan fingerprint density at radius 1 is 0.545 bits per heavy atom. The van der Waals surface area contributed by atoms with Crippen LogP contribution < -0.4 is 0 Å². The highest BCUT2D eigenvalue weighted by Gasteiger charge is 2.14. The van der Waals surface area contributed by atoms with Crippen molar-refractivity contribution in [2.45, 2.75) is 0 Å². The number of hydrogen-bond acceptors (Lipinski definition) is 0. The van der Waals surface area contributed by atoms with E-state index < -0.39 is 0 Å². The molecular weight excluding hydrogens is 468 g/mol. The Bertz CT molecular complexity index is 1820. The minimum atomic E-state index is 1.09. The van der Waals surface area contributed by atoms with Crippen LogP contribution in [0.5, 0.6) is 0 Å². The predicted molar refractivity (Wildman–Crippen MR) is 143 cm³/mol. The number of aromatic nitrogens is 2. The van der Waals surface area contributed by atoms with Crippen molar-refractivity contribution in [2.24, 2.45) is 0 Å². The van der Waals surface area contributed by atoms with Gasteiger partial charge in [-0.15, -0.1) is 0 Å². The van der Waals surface area contributed by atoms with Gasteiger partial charge in [0.05, 0.1) is 16.6 Å². The summed E-state index contributed by atoms with van der Waals surface area (Å²) in [5.41, 5.74) is 8.39. The third-order valence-electron chi connectivity index (χ3n) is 6.60. The lowest BCUT2D eigenvalue weighted by Crippen LogP contribution is -1.92. The normalized spacial score (nSPS) is 11.8. The molecule has 0 amide bonds. The standard InChI is InChI=1S/C30H19BrN2/c31-26-11-6-10-23-24-17-19(13-15-27(24)32-30(23)26)20-14-16-29-25(18-20)22-9-4-5-12-28(22)33(29)21-7-2-1-3-8-21/h1-18,32H. The van der Waals surface area contributed by atoms with Crippen molar-refractivity contribution in [3.63, 3.8) is 0 Å². The second-order valence-corrected chi connectivity index (χ2v) is 9.32. The summed E-state index contributed by atoms with van der Waals surface area (Å²) in [6.45, 7) is 0. The summed E-state index contributed by atoms with van der Waals surface area (Å²) in [6.07, 6.45) is 0. The Labute approximate surface area is 199 Å². The Kier molecular flexibility index (Phi) is 4.02. The van der Waals surface area contributed by atoms with Crippen molar-refractivity contribution in [1.82, 2.24) is 9.55 Å². The highest BCUT2D eigenvalue weighted by molar-refractivity contribution is 9.10. The van der Waals surface area contributed by atoms with Gasteiger partial charge in [-0.25, -0.2) is 0 Å². The molecule has 33 heavy (non-hydrogen) atoms. The van der Waals surface area contributed by atoms with Gasteiger partial charge in [0.15, 0.2) is 0 Å². The van der Waals surface area contributed by atoms with Gasteiger partial charge < -0.3 is 9.55 Å². The summed E-state index contributed by atoms with van der Waals surface area (Å²) in [4.78, 5) is 3.55. The molecule has 156 valence electrons. The second kappa shape index (κ2) is 7.09. The van der Waals surface area contributed by atoms with Crippen molar-refractivity contribution in [3.8, 4) is 16.8 Å². The molecule has 0 saturated heterocycles. The molecule has 7 rings (SSSR count). The number of benzene rings is 5. The molecule has 0 spiro atoms. The Morgan fingerprint density at radius 2 is 1.24 bits per heavy atom. The fourth-order valence-corrected chi connectivity index (χ4v) is 5.54. The van der Waals surface area contributed by atoms with Crippen LogP contribution in [0.25, 0.3) is 60.4 Å². The summed E-state index contributed by atoms with van der Waals surface area (Å²) >= 11 is 3.68.